The Morgan fingerprint density at radius 1 is 1.12 bits per heavy atom. The summed E-state index contributed by atoms with van der Waals surface area (Å²) < 4.78 is 0. The molecule has 2 aromatic rings. The Hall–Kier alpha value is -3.02. The molecule has 2 N–H and O–H groups in total. The van der Waals surface area contributed by atoms with Crippen molar-refractivity contribution in [1.29, 1.82) is 0 Å². The summed E-state index contributed by atoms with van der Waals surface area (Å²) in [6.07, 6.45) is 7.63. The normalized spacial score (nSPS) is 13.7. The zero-order valence-electron chi connectivity index (χ0n) is 14.8. The minimum Gasteiger partial charge on any atom is -0.325 e. The SMILES string of the molecule is CC(CC(=O)Nc1cccc2c1CCCC2)=NNC(=O)c1ccncc1. The fraction of sp³-hybridized carbons (Fsp3) is 0.300. The highest BCUT2D eigenvalue weighted by Gasteiger charge is 2.15. The average Bonchev–Trinajstić information content (AvgIpc) is 2.67. The van der Waals surface area contributed by atoms with Crippen LogP contribution in [0.5, 0.6) is 0 Å². The number of anilines is 1. The number of benzene rings is 1. The number of aryl methyl sites for hydroxylation is 1. The summed E-state index contributed by atoms with van der Waals surface area (Å²) in [5, 5.41) is 6.98. The molecule has 134 valence electrons. The third-order valence-corrected chi connectivity index (χ3v) is 4.38. The second kappa shape index (κ2) is 8.38. The van der Waals surface area contributed by atoms with Crippen LogP contribution >= 0.6 is 0 Å². The lowest BCUT2D eigenvalue weighted by Crippen LogP contribution is -2.22. The van der Waals surface area contributed by atoms with Gasteiger partial charge in [0.05, 0.1) is 6.42 Å². The van der Waals surface area contributed by atoms with Crippen molar-refractivity contribution < 1.29 is 9.59 Å². The van der Waals surface area contributed by atoms with Crippen LogP contribution in [0.4, 0.5) is 5.69 Å². The number of nitrogens with one attached hydrogen (secondary N) is 2. The molecule has 1 aromatic heterocycles. The summed E-state index contributed by atoms with van der Waals surface area (Å²) in [6.45, 7) is 1.72. The quantitative estimate of drug-likeness (QED) is 0.642. The molecule has 6 nitrogen and oxygen atoms in total. The van der Waals surface area contributed by atoms with Crippen molar-refractivity contribution >= 4 is 23.2 Å². The molecule has 0 saturated heterocycles. The molecule has 0 spiro atoms. The van der Waals surface area contributed by atoms with Gasteiger partial charge < -0.3 is 5.32 Å². The molecule has 0 bridgehead atoms. The number of carbonyl (C=O) groups is 2. The number of rotatable bonds is 5. The van der Waals surface area contributed by atoms with Gasteiger partial charge in [0.25, 0.3) is 5.91 Å². The molecule has 0 atom stereocenters. The number of aromatic nitrogens is 1. The Labute approximate surface area is 152 Å². The van der Waals surface area contributed by atoms with Crippen LogP contribution in [0.2, 0.25) is 0 Å². The minimum absolute atomic E-state index is 0.125. The van der Waals surface area contributed by atoms with E-state index in [-0.39, 0.29) is 18.2 Å². The van der Waals surface area contributed by atoms with Gasteiger partial charge in [-0.25, -0.2) is 5.43 Å². The number of amides is 2. The minimum atomic E-state index is -0.329. The molecule has 0 saturated carbocycles. The number of pyridine rings is 1. The van der Waals surface area contributed by atoms with E-state index in [4.69, 9.17) is 0 Å². The summed E-state index contributed by atoms with van der Waals surface area (Å²) in [7, 11) is 0. The smallest absolute Gasteiger partial charge is 0.271 e. The van der Waals surface area contributed by atoms with Gasteiger partial charge in [0.2, 0.25) is 5.91 Å². The first kappa shape index (κ1) is 17.8. The molecule has 1 aliphatic rings. The maximum absolute atomic E-state index is 12.3. The molecule has 3 rings (SSSR count). The summed E-state index contributed by atoms with van der Waals surface area (Å²) >= 11 is 0. The Morgan fingerprint density at radius 3 is 2.69 bits per heavy atom. The largest absolute Gasteiger partial charge is 0.325 e. The summed E-state index contributed by atoms with van der Waals surface area (Å²) in [6, 6.07) is 9.26. The standard InChI is InChI=1S/C20H22N4O2/c1-14(23-24-20(26)16-9-11-21-12-10-16)13-19(25)22-18-8-4-6-15-5-2-3-7-17(15)18/h4,6,8-12H,2-3,5,7,13H2,1H3,(H,22,25)(H,24,26). The van der Waals surface area contributed by atoms with Crippen molar-refractivity contribution in [2.24, 2.45) is 5.10 Å². The lowest BCUT2D eigenvalue weighted by atomic mass is 9.90. The van der Waals surface area contributed by atoms with Crippen LogP contribution in [0.1, 0.15) is 47.7 Å². The molecular formula is C20H22N4O2. The molecule has 0 fully saturated rings. The van der Waals surface area contributed by atoms with Crippen molar-refractivity contribution in [2.75, 3.05) is 5.32 Å². The Bertz CT molecular complexity index is 831. The molecule has 0 unspecified atom stereocenters. The van der Waals surface area contributed by atoms with Gasteiger partial charge in [-0.05, 0) is 61.9 Å². The second-order valence-electron chi connectivity index (χ2n) is 6.40. The van der Waals surface area contributed by atoms with Crippen LogP contribution < -0.4 is 10.7 Å². The number of nitrogens with zero attached hydrogens (tertiary/aromatic N) is 2. The Kier molecular flexibility index (Phi) is 5.73. The number of fused-ring (bicyclic) bond motifs is 1. The Morgan fingerprint density at radius 2 is 1.88 bits per heavy atom. The first-order valence-corrected chi connectivity index (χ1v) is 8.77. The number of hydrazone groups is 1. The molecule has 26 heavy (non-hydrogen) atoms. The molecule has 0 radical (unpaired) electrons. The number of hydrogen-bond acceptors (Lipinski definition) is 4. The summed E-state index contributed by atoms with van der Waals surface area (Å²) in [5.74, 6) is -0.465. The number of carbonyl (C=O) groups excluding carboxylic acids is 2. The van der Waals surface area contributed by atoms with Gasteiger partial charge in [0.15, 0.2) is 0 Å². The van der Waals surface area contributed by atoms with Crippen molar-refractivity contribution in [1.82, 2.24) is 10.4 Å². The van der Waals surface area contributed by atoms with Crippen LogP contribution in [0, 0.1) is 0 Å². The predicted molar refractivity (Wildman–Crippen MR) is 101 cm³/mol. The molecular weight excluding hydrogens is 328 g/mol. The first-order valence-electron chi connectivity index (χ1n) is 8.77. The van der Waals surface area contributed by atoms with Gasteiger partial charge in [-0.2, -0.15) is 5.10 Å². The van der Waals surface area contributed by atoms with Gasteiger partial charge in [-0.1, -0.05) is 12.1 Å². The highest BCUT2D eigenvalue weighted by molar-refractivity contribution is 6.06. The van der Waals surface area contributed by atoms with E-state index in [0.29, 0.717) is 11.3 Å². The highest BCUT2D eigenvalue weighted by atomic mass is 16.2. The molecule has 1 aromatic carbocycles. The van der Waals surface area contributed by atoms with Crippen molar-refractivity contribution in [3.05, 3.63) is 59.4 Å². The maximum Gasteiger partial charge on any atom is 0.271 e. The lowest BCUT2D eigenvalue weighted by molar-refractivity contribution is -0.115. The summed E-state index contributed by atoms with van der Waals surface area (Å²) in [4.78, 5) is 28.1. The topological polar surface area (TPSA) is 83.5 Å². The van der Waals surface area contributed by atoms with E-state index in [1.54, 1.807) is 31.5 Å². The van der Waals surface area contributed by atoms with Gasteiger partial charge >= 0.3 is 0 Å². The van der Waals surface area contributed by atoms with Crippen LogP contribution in [0.15, 0.2) is 47.8 Å². The monoisotopic (exact) mass is 350 g/mol. The third kappa shape index (κ3) is 4.53. The highest BCUT2D eigenvalue weighted by Crippen LogP contribution is 2.27. The van der Waals surface area contributed by atoms with E-state index in [0.717, 1.165) is 24.9 Å². The number of hydrogen-bond donors (Lipinski definition) is 2. The van der Waals surface area contributed by atoms with E-state index in [1.807, 2.05) is 12.1 Å². The van der Waals surface area contributed by atoms with Crippen molar-refractivity contribution in [2.45, 2.75) is 39.0 Å². The van der Waals surface area contributed by atoms with E-state index in [9.17, 15) is 9.59 Å². The van der Waals surface area contributed by atoms with Crippen molar-refractivity contribution in [3.63, 3.8) is 0 Å². The molecule has 1 aliphatic carbocycles. The van der Waals surface area contributed by atoms with Crippen LogP contribution in [-0.2, 0) is 17.6 Å². The predicted octanol–water partition coefficient (Wildman–Crippen LogP) is 3.09. The second-order valence-corrected chi connectivity index (χ2v) is 6.40. The van der Waals surface area contributed by atoms with Gasteiger partial charge in [0.1, 0.15) is 0 Å². The van der Waals surface area contributed by atoms with Crippen LogP contribution in [-0.4, -0.2) is 22.5 Å². The van der Waals surface area contributed by atoms with Crippen molar-refractivity contribution in [3.8, 4) is 0 Å². The van der Waals surface area contributed by atoms with E-state index in [2.05, 4.69) is 26.9 Å². The van der Waals surface area contributed by atoms with Gasteiger partial charge in [-0.3, -0.25) is 14.6 Å². The van der Waals surface area contributed by atoms with E-state index >= 15 is 0 Å². The van der Waals surface area contributed by atoms with E-state index in [1.165, 1.54) is 17.5 Å². The molecule has 6 heteroatoms. The zero-order valence-corrected chi connectivity index (χ0v) is 14.8. The van der Waals surface area contributed by atoms with Crippen LogP contribution in [0.25, 0.3) is 0 Å². The molecule has 2 amide bonds. The zero-order chi connectivity index (χ0) is 18.4. The fourth-order valence-electron chi connectivity index (χ4n) is 3.08. The van der Waals surface area contributed by atoms with Gasteiger partial charge in [0, 0.05) is 29.4 Å². The molecule has 0 aliphatic heterocycles. The average molecular weight is 350 g/mol. The maximum atomic E-state index is 12.3. The summed E-state index contributed by atoms with van der Waals surface area (Å²) in [5.41, 5.74) is 6.92. The Balaban J connectivity index is 1.57. The molecule has 1 heterocycles. The lowest BCUT2D eigenvalue weighted by Gasteiger charge is -2.19. The van der Waals surface area contributed by atoms with Crippen LogP contribution in [0.3, 0.4) is 0 Å². The third-order valence-electron chi connectivity index (χ3n) is 4.38. The van der Waals surface area contributed by atoms with E-state index < -0.39 is 0 Å². The van der Waals surface area contributed by atoms with Gasteiger partial charge in [-0.15, -0.1) is 0 Å². The first-order chi connectivity index (χ1) is 12.6. The fourth-order valence-corrected chi connectivity index (χ4v) is 3.08.